The van der Waals surface area contributed by atoms with Gasteiger partial charge in [-0.3, -0.25) is 14.6 Å². The third-order valence-corrected chi connectivity index (χ3v) is 5.59. The number of aromatic amines is 1. The summed E-state index contributed by atoms with van der Waals surface area (Å²) >= 11 is 0. The molecule has 158 valence electrons. The van der Waals surface area contributed by atoms with Gasteiger partial charge in [0.15, 0.2) is 0 Å². The minimum Gasteiger partial charge on any atom is -0.352 e. The highest BCUT2D eigenvalue weighted by atomic mass is 15.3. The molecule has 9 heteroatoms. The highest BCUT2D eigenvalue weighted by Gasteiger charge is 2.19. The minimum atomic E-state index is 0.426. The molecule has 0 unspecified atom stereocenters. The Morgan fingerprint density at radius 2 is 1.91 bits per heavy atom. The summed E-state index contributed by atoms with van der Waals surface area (Å²) in [6.07, 6.45) is 7.33. The average molecular weight is 423 g/mol. The summed E-state index contributed by atoms with van der Waals surface area (Å²) < 4.78 is 1.99. The average Bonchev–Trinajstić information content (AvgIpc) is 3.42. The Balaban J connectivity index is 1.32. The van der Waals surface area contributed by atoms with Crippen molar-refractivity contribution >= 4 is 22.4 Å². The Morgan fingerprint density at radius 1 is 0.969 bits per heavy atom. The normalized spacial score (nSPS) is 13.9. The second-order valence-corrected chi connectivity index (χ2v) is 7.90. The fourth-order valence-corrected chi connectivity index (χ4v) is 3.80. The van der Waals surface area contributed by atoms with Gasteiger partial charge in [0.25, 0.3) is 0 Å². The zero-order valence-corrected chi connectivity index (χ0v) is 17.4. The van der Waals surface area contributed by atoms with E-state index in [2.05, 4.69) is 35.7 Å². The molecular weight excluding hydrogens is 402 g/mol. The van der Waals surface area contributed by atoms with Crippen molar-refractivity contribution in [2.45, 2.75) is 13.0 Å². The highest BCUT2D eigenvalue weighted by Crippen LogP contribution is 2.28. The molecule has 1 saturated heterocycles. The smallest absolute Gasteiger partial charge is 0.116 e. The Kier molecular flexibility index (Phi) is 4.39. The number of nitrogens with zero attached hydrogens (tertiary/aromatic N) is 6. The van der Waals surface area contributed by atoms with E-state index in [4.69, 9.17) is 4.98 Å². The van der Waals surface area contributed by atoms with Gasteiger partial charge in [-0.25, -0.2) is 9.97 Å². The van der Waals surface area contributed by atoms with Crippen molar-refractivity contribution in [2.75, 3.05) is 18.4 Å². The number of aromatic nitrogens is 7. The van der Waals surface area contributed by atoms with Crippen LogP contribution in [0, 0.1) is 6.92 Å². The van der Waals surface area contributed by atoms with E-state index in [0.717, 1.165) is 64.0 Å². The first kappa shape index (κ1) is 18.6. The molecular formula is C23H21N9. The van der Waals surface area contributed by atoms with E-state index in [0.29, 0.717) is 6.04 Å². The van der Waals surface area contributed by atoms with Crippen LogP contribution in [-0.2, 0) is 0 Å². The lowest BCUT2D eigenvalue weighted by Gasteiger charge is -2.27. The summed E-state index contributed by atoms with van der Waals surface area (Å²) in [6, 6.07) is 12.2. The van der Waals surface area contributed by atoms with E-state index in [1.807, 2.05) is 66.6 Å². The number of pyridine rings is 3. The molecule has 0 aromatic carbocycles. The summed E-state index contributed by atoms with van der Waals surface area (Å²) in [7, 11) is 0. The Morgan fingerprint density at radius 3 is 2.75 bits per heavy atom. The first-order valence-corrected chi connectivity index (χ1v) is 10.5. The number of rotatable bonds is 5. The molecule has 0 bridgehead atoms. The van der Waals surface area contributed by atoms with Crippen LogP contribution in [0.4, 0.5) is 11.4 Å². The molecule has 9 nitrogen and oxygen atoms in total. The summed E-state index contributed by atoms with van der Waals surface area (Å²) in [4.78, 5) is 21.7. The van der Waals surface area contributed by atoms with Crippen LogP contribution in [0.3, 0.4) is 0 Å². The molecule has 0 radical (unpaired) electrons. The van der Waals surface area contributed by atoms with Crippen LogP contribution in [0.2, 0.25) is 0 Å². The van der Waals surface area contributed by atoms with E-state index in [9.17, 15) is 0 Å². The van der Waals surface area contributed by atoms with Crippen molar-refractivity contribution < 1.29 is 0 Å². The number of anilines is 2. The van der Waals surface area contributed by atoms with Gasteiger partial charge in [-0.05, 0) is 37.3 Å². The predicted octanol–water partition coefficient (Wildman–Crippen LogP) is 3.47. The van der Waals surface area contributed by atoms with Crippen molar-refractivity contribution in [2.24, 2.45) is 0 Å². The van der Waals surface area contributed by atoms with Gasteiger partial charge in [0, 0.05) is 25.0 Å². The Labute approximate surface area is 184 Å². The monoisotopic (exact) mass is 423 g/mol. The van der Waals surface area contributed by atoms with Crippen molar-refractivity contribution in [3.63, 3.8) is 0 Å². The molecule has 0 saturated carbocycles. The zero-order valence-electron chi connectivity index (χ0n) is 17.4. The van der Waals surface area contributed by atoms with Crippen LogP contribution >= 0.6 is 0 Å². The lowest BCUT2D eigenvalue weighted by Crippen LogP contribution is -2.43. The van der Waals surface area contributed by atoms with Crippen molar-refractivity contribution in [1.82, 2.24) is 40.0 Å². The first-order chi connectivity index (χ1) is 15.7. The number of hydrogen-bond acceptors (Lipinski definition) is 7. The second-order valence-electron chi connectivity index (χ2n) is 7.90. The number of hydrogen-bond donors (Lipinski definition) is 3. The summed E-state index contributed by atoms with van der Waals surface area (Å²) in [5, 5.41) is 11.1. The molecule has 0 spiro atoms. The Bertz CT molecular complexity index is 1410. The van der Waals surface area contributed by atoms with Crippen molar-refractivity contribution in [3.8, 4) is 22.8 Å². The molecule has 1 aliphatic rings. The lowest BCUT2D eigenvalue weighted by atomic mass is 10.1. The van der Waals surface area contributed by atoms with E-state index >= 15 is 0 Å². The molecule has 1 aliphatic heterocycles. The maximum Gasteiger partial charge on any atom is 0.116 e. The van der Waals surface area contributed by atoms with Crippen LogP contribution in [0.15, 0.2) is 61.3 Å². The zero-order chi connectivity index (χ0) is 21.5. The maximum absolute atomic E-state index is 4.84. The van der Waals surface area contributed by atoms with E-state index in [-0.39, 0.29) is 0 Å². The lowest BCUT2D eigenvalue weighted by molar-refractivity contribution is 0.318. The third-order valence-electron chi connectivity index (χ3n) is 5.59. The molecule has 0 aliphatic carbocycles. The largest absolute Gasteiger partial charge is 0.352 e. The summed E-state index contributed by atoms with van der Waals surface area (Å²) in [5.74, 6) is 0. The van der Waals surface area contributed by atoms with Gasteiger partial charge in [0.2, 0.25) is 0 Å². The molecule has 0 atom stereocenters. The molecule has 6 rings (SSSR count). The molecule has 32 heavy (non-hydrogen) atoms. The van der Waals surface area contributed by atoms with E-state index < -0.39 is 0 Å². The van der Waals surface area contributed by atoms with Gasteiger partial charge in [-0.1, -0.05) is 6.07 Å². The third kappa shape index (κ3) is 3.38. The summed E-state index contributed by atoms with van der Waals surface area (Å²) in [6.45, 7) is 3.89. The van der Waals surface area contributed by atoms with Crippen LogP contribution in [0.25, 0.3) is 33.8 Å². The fraction of sp³-hybridized carbons (Fsp3) is 0.174. The van der Waals surface area contributed by atoms with Gasteiger partial charge in [-0.15, -0.1) is 0 Å². The Hall–Kier alpha value is -4.11. The number of imidazole rings is 1. The number of H-pyrrole nitrogens is 1. The standard InChI is InChI=1S/C23H21N9/c1-14-3-2-4-19(29-14)22-23(27-13-26-22)20-6-5-18-21(31-20)7-15(8-25-18)30-16-9-28-32(12-16)17-10-24-11-17/h2-9,12-13,17,24,30H,10-11H2,1H3,(H,26,27). The molecule has 0 amide bonds. The number of fused-ring (bicyclic) bond motifs is 1. The number of aryl methyl sites for hydroxylation is 1. The van der Waals surface area contributed by atoms with Gasteiger partial charge < -0.3 is 15.6 Å². The molecule has 6 heterocycles. The van der Waals surface area contributed by atoms with Crippen LogP contribution < -0.4 is 10.6 Å². The first-order valence-electron chi connectivity index (χ1n) is 10.5. The molecule has 3 N–H and O–H groups in total. The van der Waals surface area contributed by atoms with Crippen LogP contribution in [-0.4, -0.2) is 47.8 Å². The SMILES string of the molecule is Cc1cccc(-c2[nH]cnc2-c2ccc3ncc(Nc4cnn(C5CNC5)c4)cc3n2)n1. The van der Waals surface area contributed by atoms with E-state index in [1.165, 1.54) is 0 Å². The van der Waals surface area contributed by atoms with E-state index in [1.54, 1.807) is 6.33 Å². The van der Waals surface area contributed by atoms with Gasteiger partial charge in [-0.2, -0.15) is 5.10 Å². The molecule has 5 aromatic heterocycles. The number of nitrogens with one attached hydrogen (secondary N) is 3. The fourth-order valence-electron chi connectivity index (χ4n) is 3.80. The summed E-state index contributed by atoms with van der Waals surface area (Å²) in [5.41, 5.74) is 7.56. The van der Waals surface area contributed by atoms with Gasteiger partial charge >= 0.3 is 0 Å². The predicted molar refractivity (Wildman–Crippen MR) is 123 cm³/mol. The molecule has 5 aromatic rings. The van der Waals surface area contributed by atoms with Crippen molar-refractivity contribution in [1.29, 1.82) is 0 Å². The highest BCUT2D eigenvalue weighted by molar-refractivity contribution is 5.83. The van der Waals surface area contributed by atoms with Crippen LogP contribution in [0.1, 0.15) is 11.7 Å². The van der Waals surface area contributed by atoms with Crippen LogP contribution in [0.5, 0.6) is 0 Å². The topological polar surface area (TPSA) is 109 Å². The van der Waals surface area contributed by atoms with Gasteiger partial charge in [0.1, 0.15) is 5.69 Å². The second kappa shape index (κ2) is 7.54. The molecule has 1 fully saturated rings. The van der Waals surface area contributed by atoms with Crippen molar-refractivity contribution in [3.05, 3.63) is 67.0 Å². The quantitative estimate of drug-likeness (QED) is 0.397. The maximum atomic E-state index is 4.84. The van der Waals surface area contributed by atoms with Gasteiger partial charge in [0.05, 0.1) is 64.3 Å². The minimum absolute atomic E-state index is 0.426.